The van der Waals surface area contributed by atoms with Crippen molar-refractivity contribution in [3.63, 3.8) is 0 Å². The Morgan fingerprint density at radius 1 is 1.04 bits per heavy atom. The van der Waals surface area contributed by atoms with Gasteiger partial charge in [-0.05, 0) is 52.0 Å². The Labute approximate surface area is 163 Å². The van der Waals surface area contributed by atoms with Gasteiger partial charge in [0, 0.05) is 10.6 Å². The molecule has 3 fully saturated rings. The molecule has 1 aromatic carbocycles. The molecule has 3 saturated heterocycles. The Hall–Kier alpha value is -1.22. The zero-order valence-electron chi connectivity index (χ0n) is 15.7. The quantitative estimate of drug-likeness (QED) is 0.844. The molecule has 0 aliphatic carbocycles. The van der Waals surface area contributed by atoms with Crippen LogP contribution in [-0.2, 0) is 23.7 Å². The van der Waals surface area contributed by atoms with Crippen molar-refractivity contribution in [3.8, 4) is 0 Å². The predicted octanol–water partition coefficient (Wildman–Crippen LogP) is 2.47. The number of benzene rings is 1. The fraction of sp³-hybridized carbons (Fsp3) is 0.632. The summed E-state index contributed by atoms with van der Waals surface area (Å²) in [6.07, 6.45) is -1.80. The molecule has 0 bridgehead atoms. The minimum absolute atomic E-state index is 0.239. The Morgan fingerprint density at radius 3 is 2.37 bits per heavy atom. The van der Waals surface area contributed by atoms with Gasteiger partial charge in [-0.2, -0.15) is 0 Å². The third-order valence-corrected chi connectivity index (χ3v) is 5.14. The van der Waals surface area contributed by atoms with Gasteiger partial charge in [-0.15, -0.1) is 0 Å². The average molecular weight is 398 g/mol. The van der Waals surface area contributed by atoms with E-state index in [9.17, 15) is 4.79 Å². The van der Waals surface area contributed by atoms with Crippen LogP contribution in [0.5, 0.6) is 0 Å². The van der Waals surface area contributed by atoms with Gasteiger partial charge in [0.25, 0.3) is 5.91 Å². The fourth-order valence-corrected chi connectivity index (χ4v) is 3.85. The molecule has 0 unspecified atom stereocenters. The third kappa shape index (κ3) is 3.85. The molecule has 5 atom stereocenters. The first-order valence-corrected chi connectivity index (χ1v) is 9.41. The van der Waals surface area contributed by atoms with Gasteiger partial charge in [0.2, 0.25) is 0 Å². The maximum absolute atomic E-state index is 12.8. The van der Waals surface area contributed by atoms with E-state index in [0.29, 0.717) is 17.2 Å². The highest BCUT2D eigenvalue weighted by Crippen LogP contribution is 2.40. The smallest absolute Gasteiger partial charge is 0.251 e. The van der Waals surface area contributed by atoms with Crippen LogP contribution < -0.4 is 5.32 Å². The SMILES string of the molecule is CC1(C)O[C@H]2O[C@H]([C@H]3COC(C)(C)O3)[C@@H](NC(=O)c3ccc(Cl)cc3)[C@H]2O1. The van der Waals surface area contributed by atoms with Crippen molar-refractivity contribution < 1.29 is 28.5 Å². The Balaban J connectivity index is 1.55. The molecule has 7 nitrogen and oxygen atoms in total. The molecule has 3 aliphatic rings. The number of rotatable bonds is 3. The number of carbonyl (C=O) groups is 1. The van der Waals surface area contributed by atoms with E-state index in [1.54, 1.807) is 24.3 Å². The van der Waals surface area contributed by atoms with Crippen LogP contribution >= 0.6 is 11.6 Å². The summed E-state index contributed by atoms with van der Waals surface area (Å²) in [6.45, 7) is 7.70. The summed E-state index contributed by atoms with van der Waals surface area (Å²) in [4.78, 5) is 12.8. The van der Waals surface area contributed by atoms with E-state index >= 15 is 0 Å². The summed E-state index contributed by atoms with van der Waals surface area (Å²) in [7, 11) is 0. The molecule has 0 radical (unpaired) electrons. The van der Waals surface area contributed by atoms with Gasteiger partial charge in [-0.25, -0.2) is 0 Å². The maximum atomic E-state index is 12.8. The van der Waals surface area contributed by atoms with Crippen LogP contribution in [0, 0.1) is 0 Å². The molecule has 0 saturated carbocycles. The molecule has 148 valence electrons. The highest BCUT2D eigenvalue weighted by molar-refractivity contribution is 6.30. The molecular formula is C19H24ClNO6. The summed E-state index contributed by atoms with van der Waals surface area (Å²) >= 11 is 5.91. The lowest BCUT2D eigenvalue weighted by Gasteiger charge is -2.29. The summed E-state index contributed by atoms with van der Waals surface area (Å²) in [5, 5.41) is 3.60. The molecule has 3 aliphatic heterocycles. The second-order valence-corrected chi connectivity index (χ2v) is 8.38. The topological polar surface area (TPSA) is 75.3 Å². The minimum atomic E-state index is -0.782. The van der Waals surface area contributed by atoms with E-state index in [4.69, 9.17) is 35.3 Å². The van der Waals surface area contributed by atoms with E-state index in [1.807, 2.05) is 27.7 Å². The highest BCUT2D eigenvalue weighted by Gasteiger charge is 2.58. The standard InChI is InChI=1S/C19H24ClNO6/c1-18(2)23-9-12(25-18)14-13(15-17(24-14)27-19(3,4)26-15)21-16(22)10-5-7-11(20)8-6-10/h5-8,12-15,17H,9H2,1-4H3,(H,21,22)/t12-,13-,14-,15-,17-/m1/s1. The number of halogens is 1. The largest absolute Gasteiger partial charge is 0.348 e. The number of nitrogens with one attached hydrogen (secondary N) is 1. The van der Waals surface area contributed by atoms with E-state index < -0.39 is 36.1 Å². The molecule has 0 spiro atoms. The molecule has 1 amide bonds. The summed E-state index contributed by atoms with van der Waals surface area (Å²) in [6, 6.07) is 6.26. The number of hydrogen-bond acceptors (Lipinski definition) is 6. The van der Waals surface area contributed by atoms with Gasteiger partial charge in [-0.1, -0.05) is 11.6 Å². The van der Waals surface area contributed by atoms with Gasteiger partial charge >= 0.3 is 0 Å². The lowest BCUT2D eigenvalue weighted by atomic mass is 10.0. The lowest BCUT2D eigenvalue weighted by Crippen LogP contribution is -2.52. The lowest BCUT2D eigenvalue weighted by molar-refractivity contribution is -0.223. The maximum Gasteiger partial charge on any atom is 0.251 e. The van der Waals surface area contributed by atoms with Gasteiger partial charge in [0.05, 0.1) is 12.6 Å². The van der Waals surface area contributed by atoms with Gasteiger partial charge < -0.3 is 29.0 Å². The van der Waals surface area contributed by atoms with Crippen molar-refractivity contribution in [2.45, 2.75) is 69.9 Å². The van der Waals surface area contributed by atoms with Crippen LogP contribution in [0.2, 0.25) is 5.02 Å². The third-order valence-electron chi connectivity index (χ3n) is 4.89. The molecule has 8 heteroatoms. The summed E-state index contributed by atoms with van der Waals surface area (Å²) in [5.41, 5.74) is 0.503. The molecule has 27 heavy (non-hydrogen) atoms. The van der Waals surface area contributed by atoms with Crippen LogP contribution in [0.15, 0.2) is 24.3 Å². The van der Waals surface area contributed by atoms with E-state index in [1.165, 1.54) is 0 Å². The van der Waals surface area contributed by atoms with Gasteiger partial charge in [0.1, 0.15) is 18.3 Å². The van der Waals surface area contributed by atoms with Gasteiger partial charge in [-0.3, -0.25) is 4.79 Å². The van der Waals surface area contributed by atoms with E-state index in [0.717, 1.165) is 0 Å². The first kappa shape index (κ1) is 19.1. The van der Waals surface area contributed by atoms with Crippen molar-refractivity contribution in [2.75, 3.05) is 6.61 Å². The number of amides is 1. The first-order valence-electron chi connectivity index (χ1n) is 9.03. The molecular weight excluding hydrogens is 374 g/mol. The van der Waals surface area contributed by atoms with E-state index in [-0.39, 0.29) is 12.0 Å². The first-order chi connectivity index (χ1) is 12.6. The predicted molar refractivity (Wildman–Crippen MR) is 96.3 cm³/mol. The Morgan fingerprint density at radius 2 is 1.74 bits per heavy atom. The van der Waals surface area contributed by atoms with Crippen molar-refractivity contribution in [1.29, 1.82) is 0 Å². The number of fused-ring (bicyclic) bond motifs is 1. The molecule has 4 rings (SSSR count). The number of ether oxygens (including phenoxy) is 5. The van der Waals surface area contributed by atoms with Crippen molar-refractivity contribution in [2.24, 2.45) is 0 Å². The molecule has 1 N–H and O–H groups in total. The Kier molecular flexibility index (Phi) is 4.73. The van der Waals surface area contributed by atoms with Crippen LogP contribution in [0.4, 0.5) is 0 Å². The number of carbonyl (C=O) groups excluding carboxylic acids is 1. The molecule has 0 aromatic heterocycles. The summed E-state index contributed by atoms with van der Waals surface area (Å²) in [5.74, 6) is -1.72. The Bertz CT molecular complexity index is 721. The molecule has 3 heterocycles. The fourth-order valence-electron chi connectivity index (χ4n) is 3.73. The van der Waals surface area contributed by atoms with Crippen LogP contribution in [0.3, 0.4) is 0 Å². The molecule has 1 aromatic rings. The summed E-state index contributed by atoms with van der Waals surface area (Å²) < 4.78 is 29.5. The van der Waals surface area contributed by atoms with Crippen molar-refractivity contribution in [1.82, 2.24) is 5.32 Å². The zero-order chi connectivity index (χ0) is 19.4. The number of hydrogen-bond donors (Lipinski definition) is 1. The average Bonchev–Trinajstić information content (AvgIpc) is 3.18. The monoisotopic (exact) mass is 397 g/mol. The van der Waals surface area contributed by atoms with Crippen LogP contribution in [0.25, 0.3) is 0 Å². The van der Waals surface area contributed by atoms with Crippen molar-refractivity contribution >= 4 is 17.5 Å². The second kappa shape index (κ2) is 6.69. The normalized spacial score (nSPS) is 36.6. The van der Waals surface area contributed by atoms with E-state index in [2.05, 4.69) is 5.32 Å². The second-order valence-electron chi connectivity index (χ2n) is 7.94. The van der Waals surface area contributed by atoms with Crippen LogP contribution in [0.1, 0.15) is 38.1 Å². The van der Waals surface area contributed by atoms with Crippen molar-refractivity contribution in [3.05, 3.63) is 34.9 Å². The van der Waals surface area contributed by atoms with Crippen LogP contribution in [-0.4, -0.2) is 54.7 Å². The minimum Gasteiger partial charge on any atom is -0.348 e. The zero-order valence-corrected chi connectivity index (χ0v) is 16.5. The van der Waals surface area contributed by atoms with Gasteiger partial charge in [0.15, 0.2) is 17.9 Å². The highest BCUT2D eigenvalue weighted by atomic mass is 35.5.